The molecule has 1 aliphatic rings. The van der Waals surface area contributed by atoms with Gasteiger partial charge in [-0.3, -0.25) is 0 Å². The van der Waals surface area contributed by atoms with E-state index in [1.54, 1.807) is 0 Å². The molecule has 1 rings (SSSR count). The number of allylic oxidation sites excluding steroid dienone is 1. The van der Waals surface area contributed by atoms with Gasteiger partial charge >= 0.3 is 0 Å². The summed E-state index contributed by atoms with van der Waals surface area (Å²) in [7, 11) is 0. The molecule has 1 heterocycles. The van der Waals surface area contributed by atoms with E-state index >= 15 is 0 Å². The Morgan fingerprint density at radius 2 is 2.60 bits per heavy atom. The third-order valence-corrected chi connectivity index (χ3v) is 1.34. The maximum atomic E-state index is 2.22. The van der Waals surface area contributed by atoms with Crippen LogP contribution in [0.25, 0.3) is 0 Å². The molecule has 28 valence electrons. The summed E-state index contributed by atoms with van der Waals surface area (Å²) in [5.74, 6) is 0. The predicted molar refractivity (Wildman–Crippen MR) is 28.8 cm³/mol. The van der Waals surface area contributed by atoms with E-state index in [4.69, 9.17) is 0 Å². The van der Waals surface area contributed by atoms with E-state index in [1.807, 2.05) is 0 Å². The van der Waals surface area contributed by atoms with Crippen LogP contribution in [0.15, 0.2) is 11.5 Å². The van der Waals surface area contributed by atoms with Gasteiger partial charge in [0, 0.05) is 0 Å². The molecule has 0 fully saturated rings. The summed E-state index contributed by atoms with van der Waals surface area (Å²) in [6.45, 7) is 0. The summed E-state index contributed by atoms with van der Waals surface area (Å²) in [6, 6.07) is 0. The monoisotopic (exact) mass is 86.0 g/mol. The number of hydrogen-bond donors (Lipinski definition) is 1. The third kappa shape index (κ3) is 0.618. The average molecular weight is 86.2 g/mol. The zero-order valence-electron chi connectivity index (χ0n) is 2.89. The minimum Gasteiger partial charge on any atom is -0.181 e. The molecule has 0 radical (unpaired) electrons. The highest BCUT2D eigenvalue weighted by atomic mass is 32.1. The highest BCUT2D eigenvalue weighted by molar-refractivity contribution is 8.00. The number of rotatable bonds is 0. The molecule has 0 atom stereocenters. The van der Waals surface area contributed by atoms with Gasteiger partial charge in [0.2, 0.25) is 0 Å². The molecule has 0 unspecified atom stereocenters. The Kier molecular flexibility index (Phi) is 0.892. The molecule has 0 amide bonds. The normalized spacial score (nSPS) is 19.2. The van der Waals surface area contributed by atoms with Crippen molar-refractivity contribution in [3.8, 4) is 0 Å². The molecule has 1 heteroatoms. The molecule has 0 aliphatic carbocycles. The molecular formula is C4H6S. The van der Waals surface area contributed by atoms with Crippen LogP contribution in [0.2, 0.25) is 0 Å². The maximum Gasteiger partial charge on any atom is -0.0106 e. The Hall–Kier alpha value is -0.0400. The standard InChI is InChI=1S/C4H6S/c1-2-4-5-3-1/h1,3-5H,2H2. The van der Waals surface area contributed by atoms with Gasteiger partial charge < -0.3 is 0 Å². The molecule has 0 N–H and O–H groups in total. The second-order valence-corrected chi connectivity index (χ2v) is 1.91. The van der Waals surface area contributed by atoms with E-state index in [0.29, 0.717) is 0 Å². The Bertz CT molecular complexity index is 61.7. The molecule has 5 heavy (non-hydrogen) atoms. The summed E-state index contributed by atoms with van der Waals surface area (Å²) in [4.78, 5) is 0. The molecule has 0 saturated heterocycles. The van der Waals surface area contributed by atoms with Crippen LogP contribution in [0.5, 0.6) is 0 Å². The van der Waals surface area contributed by atoms with E-state index in [1.165, 1.54) is 17.8 Å². The van der Waals surface area contributed by atoms with Crippen LogP contribution in [0, 0.1) is 0 Å². The van der Waals surface area contributed by atoms with Crippen molar-refractivity contribution in [1.29, 1.82) is 0 Å². The first-order chi connectivity index (χ1) is 2.50. The quantitative estimate of drug-likeness (QED) is 0.332. The summed E-state index contributed by atoms with van der Waals surface area (Å²) in [5, 5.41) is 4.38. The first kappa shape index (κ1) is 3.16. The minimum atomic E-state index is 1.18. The van der Waals surface area contributed by atoms with Crippen molar-refractivity contribution in [3.63, 3.8) is 0 Å². The molecule has 0 bridgehead atoms. The molecule has 1 aliphatic heterocycles. The van der Waals surface area contributed by atoms with Gasteiger partial charge in [-0.25, -0.2) is 0 Å². The molecule has 0 spiro atoms. The lowest BCUT2D eigenvalue weighted by atomic mass is 10.5. The van der Waals surface area contributed by atoms with Gasteiger partial charge in [0.1, 0.15) is 0 Å². The fourth-order valence-corrected chi connectivity index (χ4v) is 0.913. The molecule has 0 nitrogen and oxygen atoms in total. The lowest BCUT2D eigenvalue weighted by Gasteiger charge is -1.56. The largest absolute Gasteiger partial charge is 0.181 e. The van der Waals surface area contributed by atoms with Crippen molar-refractivity contribution in [1.82, 2.24) is 0 Å². The van der Waals surface area contributed by atoms with Crippen LogP contribution in [-0.4, -0.2) is 5.37 Å². The highest BCUT2D eigenvalue weighted by Crippen LogP contribution is 1.97. The van der Waals surface area contributed by atoms with Crippen LogP contribution in [-0.2, 0) is 0 Å². The Balaban J connectivity index is 2.61. The van der Waals surface area contributed by atoms with Crippen LogP contribution in [0.3, 0.4) is 0 Å². The zero-order valence-corrected chi connectivity index (χ0v) is 3.78. The van der Waals surface area contributed by atoms with E-state index in [9.17, 15) is 0 Å². The minimum absolute atomic E-state index is 1.18. The maximum absolute atomic E-state index is 2.22. The summed E-state index contributed by atoms with van der Waals surface area (Å²) >= 11 is 1.39. The zero-order chi connectivity index (χ0) is 3.54. The third-order valence-electron chi connectivity index (χ3n) is 0.538. The summed E-state index contributed by atoms with van der Waals surface area (Å²) in [6.07, 6.45) is 3.35. The molecular weight excluding hydrogens is 80.1 g/mol. The smallest absolute Gasteiger partial charge is 0.0106 e. The molecule has 0 saturated carbocycles. The van der Waals surface area contributed by atoms with Gasteiger partial charge in [-0.05, 0) is 11.8 Å². The lowest BCUT2D eigenvalue weighted by Crippen LogP contribution is -1.49. The van der Waals surface area contributed by atoms with Crippen molar-refractivity contribution in [3.05, 3.63) is 11.5 Å². The van der Waals surface area contributed by atoms with Crippen LogP contribution in [0.1, 0.15) is 6.42 Å². The summed E-state index contributed by atoms with van der Waals surface area (Å²) in [5.41, 5.74) is 0. The van der Waals surface area contributed by atoms with Crippen molar-refractivity contribution < 1.29 is 0 Å². The van der Waals surface area contributed by atoms with Gasteiger partial charge in [0.15, 0.2) is 0 Å². The predicted octanol–water partition coefficient (Wildman–Crippen LogP) is 1.17. The van der Waals surface area contributed by atoms with E-state index in [2.05, 4.69) is 16.9 Å². The molecule has 0 aromatic carbocycles. The van der Waals surface area contributed by atoms with Gasteiger partial charge in [-0.1, -0.05) is 11.4 Å². The van der Waals surface area contributed by atoms with Crippen LogP contribution >= 0.6 is 11.4 Å². The molecule has 0 aromatic heterocycles. The van der Waals surface area contributed by atoms with E-state index < -0.39 is 0 Å². The SMILES string of the molecule is C1=C[SH]=CC1. The van der Waals surface area contributed by atoms with Crippen molar-refractivity contribution in [2.75, 3.05) is 0 Å². The van der Waals surface area contributed by atoms with E-state index in [0.717, 1.165) is 0 Å². The van der Waals surface area contributed by atoms with Crippen molar-refractivity contribution in [2.45, 2.75) is 6.42 Å². The van der Waals surface area contributed by atoms with Crippen LogP contribution < -0.4 is 0 Å². The Labute approximate surface area is 35.5 Å². The van der Waals surface area contributed by atoms with E-state index in [-0.39, 0.29) is 0 Å². The fraction of sp³-hybridized carbons (Fsp3) is 0.250. The first-order valence-corrected chi connectivity index (χ1v) is 2.70. The fourth-order valence-electron chi connectivity index (χ4n) is 0.304. The first-order valence-electron chi connectivity index (χ1n) is 1.67. The lowest BCUT2D eigenvalue weighted by molar-refractivity contribution is 1.60. The van der Waals surface area contributed by atoms with Gasteiger partial charge in [-0.2, -0.15) is 11.4 Å². The number of hydrogen-bond acceptors (Lipinski definition) is 0. The van der Waals surface area contributed by atoms with Crippen LogP contribution in [0.4, 0.5) is 0 Å². The van der Waals surface area contributed by atoms with Gasteiger partial charge in [0.25, 0.3) is 0 Å². The summed E-state index contributed by atoms with van der Waals surface area (Å²) < 4.78 is 0. The molecule has 0 aromatic rings. The van der Waals surface area contributed by atoms with Gasteiger partial charge in [0.05, 0.1) is 0 Å². The second kappa shape index (κ2) is 1.41. The number of thiol groups is 1. The topological polar surface area (TPSA) is 0 Å². The average Bonchev–Trinajstić information content (AvgIpc) is 1.76. The van der Waals surface area contributed by atoms with Crippen molar-refractivity contribution in [2.24, 2.45) is 0 Å². The highest BCUT2D eigenvalue weighted by Gasteiger charge is 1.71. The second-order valence-electron chi connectivity index (χ2n) is 0.952. The van der Waals surface area contributed by atoms with Gasteiger partial charge in [-0.15, -0.1) is 0 Å². The Morgan fingerprint density at radius 1 is 1.60 bits per heavy atom. The van der Waals surface area contributed by atoms with Crippen molar-refractivity contribution >= 4 is 16.7 Å². The Morgan fingerprint density at radius 3 is 2.80 bits per heavy atom.